The van der Waals surface area contributed by atoms with Crippen LogP contribution >= 0.6 is 0 Å². The minimum absolute atomic E-state index is 0.215. The number of hydrazone groups is 1. The van der Waals surface area contributed by atoms with E-state index in [-0.39, 0.29) is 5.82 Å². The second kappa shape index (κ2) is 5.64. The van der Waals surface area contributed by atoms with Crippen LogP contribution in [0.5, 0.6) is 0 Å². The van der Waals surface area contributed by atoms with Gasteiger partial charge in [-0.25, -0.2) is 4.39 Å². The monoisotopic (exact) mass is 220 g/mol. The molecule has 0 amide bonds. The average molecular weight is 220 g/mol. The fourth-order valence-electron chi connectivity index (χ4n) is 1.92. The lowest BCUT2D eigenvalue weighted by atomic mass is 10.2. The quantitative estimate of drug-likeness (QED) is 0.592. The van der Waals surface area contributed by atoms with Crippen LogP contribution in [0.4, 0.5) is 10.1 Å². The number of halogens is 1. The van der Waals surface area contributed by atoms with Gasteiger partial charge >= 0.3 is 0 Å². The molecule has 1 aliphatic rings. The Morgan fingerprint density at radius 3 is 2.19 bits per heavy atom. The van der Waals surface area contributed by atoms with E-state index in [2.05, 4.69) is 10.5 Å². The molecule has 16 heavy (non-hydrogen) atoms. The van der Waals surface area contributed by atoms with E-state index in [1.165, 1.54) is 43.5 Å². The third-order valence-corrected chi connectivity index (χ3v) is 2.87. The fourth-order valence-corrected chi connectivity index (χ4v) is 1.92. The number of hydrogen-bond acceptors (Lipinski definition) is 2. The Hall–Kier alpha value is -1.38. The molecule has 0 saturated heterocycles. The van der Waals surface area contributed by atoms with Crippen LogP contribution < -0.4 is 5.43 Å². The molecule has 1 aromatic rings. The molecule has 2 nitrogen and oxygen atoms in total. The van der Waals surface area contributed by atoms with Crippen molar-refractivity contribution in [1.29, 1.82) is 0 Å². The van der Waals surface area contributed by atoms with Crippen molar-refractivity contribution in [3.05, 3.63) is 30.1 Å². The lowest BCUT2D eigenvalue weighted by molar-refractivity contribution is 0.628. The van der Waals surface area contributed by atoms with Crippen molar-refractivity contribution in [3.63, 3.8) is 0 Å². The van der Waals surface area contributed by atoms with Gasteiger partial charge in [-0.15, -0.1) is 0 Å². The summed E-state index contributed by atoms with van der Waals surface area (Å²) in [7, 11) is 0. The molecule has 0 unspecified atom stereocenters. The van der Waals surface area contributed by atoms with E-state index >= 15 is 0 Å². The van der Waals surface area contributed by atoms with Crippen molar-refractivity contribution < 1.29 is 4.39 Å². The third kappa shape index (κ3) is 3.33. The Morgan fingerprint density at radius 2 is 1.56 bits per heavy atom. The molecule has 0 heterocycles. The minimum atomic E-state index is -0.215. The van der Waals surface area contributed by atoms with Crippen LogP contribution in [0.3, 0.4) is 0 Å². The first-order valence-electron chi connectivity index (χ1n) is 5.91. The maximum absolute atomic E-state index is 12.7. The molecule has 3 heteroatoms. The molecule has 0 spiro atoms. The van der Waals surface area contributed by atoms with Crippen molar-refractivity contribution in [2.45, 2.75) is 38.5 Å². The molecule has 2 rings (SSSR count). The summed E-state index contributed by atoms with van der Waals surface area (Å²) in [5.41, 5.74) is 5.07. The van der Waals surface area contributed by atoms with Gasteiger partial charge in [0, 0.05) is 5.71 Å². The first-order chi connectivity index (χ1) is 7.84. The van der Waals surface area contributed by atoms with Crippen LogP contribution in [0.1, 0.15) is 38.5 Å². The molecule has 0 aromatic heterocycles. The fraction of sp³-hybridized carbons (Fsp3) is 0.462. The van der Waals surface area contributed by atoms with Gasteiger partial charge < -0.3 is 0 Å². The van der Waals surface area contributed by atoms with Gasteiger partial charge in [-0.2, -0.15) is 5.10 Å². The zero-order valence-electron chi connectivity index (χ0n) is 9.38. The van der Waals surface area contributed by atoms with Gasteiger partial charge in [0.15, 0.2) is 0 Å². The molecule has 1 fully saturated rings. The second-order valence-corrected chi connectivity index (χ2v) is 4.21. The number of benzene rings is 1. The number of nitrogens with zero attached hydrogens (tertiary/aromatic N) is 1. The predicted octanol–water partition coefficient (Wildman–Crippen LogP) is 3.95. The molecule has 1 saturated carbocycles. The van der Waals surface area contributed by atoms with Crippen molar-refractivity contribution in [1.82, 2.24) is 0 Å². The summed E-state index contributed by atoms with van der Waals surface area (Å²) in [6.07, 6.45) is 7.29. The number of rotatable bonds is 2. The highest BCUT2D eigenvalue weighted by Gasteiger charge is 2.05. The molecule has 1 N–H and O–H groups in total. The lowest BCUT2D eigenvalue weighted by Gasteiger charge is -2.04. The summed E-state index contributed by atoms with van der Waals surface area (Å²) in [6, 6.07) is 6.29. The van der Waals surface area contributed by atoms with E-state index in [4.69, 9.17) is 0 Å². The molecular weight excluding hydrogens is 203 g/mol. The van der Waals surface area contributed by atoms with Gasteiger partial charge in [-0.05, 0) is 49.9 Å². The highest BCUT2D eigenvalue weighted by atomic mass is 19.1. The van der Waals surface area contributed by atoms with Crippen molar-refractivity contribution in [3.8, 4) is 0 Å². The molecule has 0 aliphatic heterocycles. The Morgan fingerprint density at radius 1 is 0.938 bits per heavy atom. The second-order valence-electron chi connectivity index (χ2n) is 4.21. The molecule has 0 radical (unpaired) electrons. The standard InChI is InChI=1S/C13H17FN2/c14-11-7-9-13(10-8-11)16-15-12-5-3-1-2-4-6-12/h7-10,16H,1-6H2. The molecular formula is C13H17FN2. The molecule has 0 bridgehead atoms. The molecule has 1 aromatic carbocycles. The smallest absolute Gasteiger partial charge is 0.123 e. The van der Waals surface area contributed by atoms with E-state index in [0.717, 1.165) is 18.5 Å². The van der Waals surface area contributed by atoms with E-state index in [0.29, 0.717) is 0 Å². The normalized spacial score (nSPS) is 16.7. The maximum Gasteiger partial charge on any atom is 0.123 e. The minimum Gasteiger partial charge on any atom is -0.279 e. The molecule has 86 valence electrons. The molecule has 0 atom stereocenters. The van der Waals surface area contributed by atoms with Crippen LogP contribution in [-0.4, -0.2) is 5.71 Å². The third-order valence-electron chi connectivity index (χ3n) is 2.87. The van der Waals surface area contributed by atoms with E-state index in [1.54, 1.807) is 12.1 Å². The average Bonchev–Trinajstić information content (AvgIpc) is 2.57. The summed E-state index contributed by atoms with van der Waals surface area (Å²) < 4.78 is 12.7. The predicted molar refractivity (Wildman–Crippen MR) is 65.2 cm³/mol. The summed E-state index contributed by atoms with van der Waals surface area (Å²) in [4.78, 5) is 0. The van der Waals surface area contributed by atoms with Crippen LogP contribution in [0.15, 0.2) is 29.4 Å². The topological polar surface area (TPSA) is 24.4 Å². The van der Waals surface area contributed by atoms with Crippen molar-refractivity contribution >= 4 is 11.4 Å². The number of nitrogens with one attached hydrogen (secondary N) is 1. The van der Waals surface area contributed by atoms with Crippen molar-refractivity contribution in [2.75, 3.05) is 5.43 Å². The SMILES string of the molecule is Fc1ccc(NN=C2CCCCCC2)cc1. The van der Waals surface area contributed by atoms with E-state index in [9.17, 15) is 4.39 Å². The van der Waals surface area contributed by atoms with Crippen LogP contribution in [0.2, 0.25) is 0 Å². The lowest BCUT2D eigenvalue weighted by Crippen LogP contribution is -2.00. The van der Waals surface area contributed by atoms with Crippen LogP contribution in [0, 0.1) is 5.82 Å². The first kappa shape index (κ1) is 11.1. The van der Waals surface area contributed by atoms with Crippen LogP contribution in [0.25, 0.3) is 0 Å². The van der Waals surface area contributed by atoms with E-state index in [1.807, 2.05) is 0 Å². The van der Waals surface area contributed by atoms with Crippen molar-refractivity contribution in [2.24, 2.45) is 5.10 Å². The van der Waals surface area contributed by atoms with Crippen LogP contribution in [-0.2, 0) is 0 Å². The maximum atomic E-state index is 12.7. The first-order valence-corrected chi connectivity index (χ1v) is 5.91. The van der Waals surface area contributed by atoms with Gasteiger partial charge in [0.05, 0.1) is 5.69 Å². The Kier molecular flexibility index (Phi) is 3.91. The summed E-state index contributed by atoms with van der Waals surface area (Å²) in [5.74, 6) is -0.215. The number of hydrogen-bond donors (Lipinski definition) is 1. The Bertz CT molecular complexity index is 347. The van der Waals surface area contributed by atoms with E-state index < -0.39 is 0 Å². The summed E-state index contributed by atoms with van der Waals surface area (Å²) in [5, 5.41) is 4.39. The zero-order valence-corrected chi connectivity index (χ0v) is 9.38. The van der Waals surface area contributed by atoms with Gasteiger partial charge in [-0.1, -0.05) is 12.8 Å². The summed E-state index contributed by atoms with van der Waals surface area (Å²) >= 11 is 0. The highest BCUT2D eigenvalue weighted by molar-refractivity contribution is 5.85. The van der Waals surface area contributed by atoms with Gasteiger partial charge in [-0.3, -0.25) is 5.43 Å². The molecule has 1 aliphatic carbocycles. The van der Waals surface area contributed by atoms with Gasteiger partial charge in [0.1, 0.15) is 5.82 Å². The van der Waals surface area contributed by atoms with Gasteiger partial charge in [0.25, 0.3) is 0 Å². The zero-order chi connectivity index (χ0) is 11.2. The summed E-state index contributed by atoms with van der Waals surface area (Å²) in [6.45, 7) is 0. The largest absolute Gasteiger partial charge is 0.279 e. The number of anilines is 1. The Balaban J connectivity index is 1.93. The van der Waals surface area contributed by atoms with Gasteiger partial charge in [0.2, 0.25) is 0 Å². The highest BCUT2D eigenvalue weighted by Crippen LogP contribution is 2.15. The Labute approximate surface area is 95.6 Å².